The second kappa shape index (κ2) is 6.26. The number of thiophene rings is 1. The number of rotatable bonds is 6. The fraction of sp³-hybridized carbons (Fsp3) is 0.417. The average Bonchev–Trinajstić information content (AvgIpc) is 2.93. The van der Waals surface area contributed by atoms with Crippen LogP contribution < -0.4 is 5.32 Å². The first kappa shape index (κ1) is 12.7. The van der Waals surface area contributed by atoms with E-state index in [0.29, 0.717) is 0 Å². The molecule has 5 heteroatoms. The van der Waals surface area contributed by atoms with Gasteiger partial charge in [-0.25, -0.2) is 4.98 Å². The van der Waals surface area contributed by atoms with Crippen molar-refractivity contribution in [1.29, 1.82) is 0 Å². The number of hydrogen-bond donors (Lipinski definition) is 1. The zero-order chi connectivity index (χ0) is 12.1. The molecule has 0 fully saturated rings. The molecule has 1 N–H and O–H groups in total. The lowest BCUT2D eigenvalue weighted by Gasteiger charge is -2.00. The Balaban J connectivity index is 1.99. The van der Waals surface area contributed by atoms with Crippen LogP contribution in [0.2, 0.25) is 0 Å². The molecule has 0 unspecified atom stereocenters. The van der Waals surface area contributed by atoms with Crippen molar-refractivity contribution in [3.05, 3.63) is 27.4 Å². The molecule has 2 heterocycles. The third-order valence-corrected chi connectivity index (χ3v) is 4.20. The fourth-order valence-corrected chi connectivity index (χ4v) is 3.29. The predicted molar refractivity (Wildman–Crippen MR) is 73.7 cm³/mol. The van der Waals surface area contributed by atoms with Crippen molar-refractivity contribution in [2.45, 2.75) is 13.5 Å². The number of nitrogens with one attached hydrogen (secondary N) is 1. The maximum atomic E-state index is 4.99. The van der Waals surface area contributed by atoms with Crippen LogP contribution in [-0.2, 0) is 11.3 Å². The molecule has 0 aliphatic heterocycles. The molecule has 0 amide bonds. The highest BCUT2D eigenvalue weighted by molar-refractivity contribution is 7.15. The first-order valence-electron chi connectivity index (χ1n) is 5.51. The summed E-state index contributed by atoms with van der Waals surface area (Å²) in [6.07, 6.45) is 0. The summed E-state index contributed by atoms with van der Waals surface area (Å²) in [7, 11) is 1.71. The highest BCUT2D eigenvalue weighted by Gasteiger charge is 2.09. The van der Waals surface area contributed by atoms with Gasteiger partial charge < -0.3 is 10.1 Å². The molecule has 0 bridgehead atoms. The van der Waals surface area contributed by atoms with E-state index in [1.54, 1.807) is 29.8 Å². The van der Waals surface area contributed by atoms with Crippen molar-refractivity contribution in [2.75, 3.05) is 20.3 Å². The van der Waals surface area contributed by atoms with E-state index in [2.05, 4.69) is 34.7 Å². The molecule has 0 aromatic carbocycles. The molecule has 0 saturated heterocycles. The molecule has 0 radical (unpaired) electrons. The van der Waals surface area contributed by atoms with Gasteiger partial charge in [0, 0.05) is 25.1 Å². The van der Waals surface area contributed by atoms with Crippen molar-refractivity contribution in [1.82, 2.24) is 10.3 Å². The predicted octanol–water partition coefficient (Wildman–Crippen LogP) is 2.92. The van der Waals surface area contributed by atoms with Crippen molar-refractivity contribution in [2.24, 2.45) is 0 Å². The Morgan fingerprint density at radius 1 is 1.47 bits per heavy atom. The van der Waals surface area contributed by atoms with Crippen LogP contribution in [0.5, 0.6) is 0 Å². The largest absolute Gasteiger partial charge is 0.383 e. The minimum absolute atomic E-state index is 0.738. The van der Waals surface area contributed by atoms with E-state index in [1.807, 2.05) is 0 Å². The highest BCUT2D eigenvalue weighted by atomic mass is 32.1. The highest BCUT2D eigenvalue weighted by Crippen LogP contribution is 2.30. The second-order valence-electron chi connectivity index (χ2n) is 3.66. The number of hydrogen-bond acceptors (Lipinski definition) is 5. The second-order valence-corrected chi connectivity index (χ2v) is 5.89. The molecular formula is C12H16N2OS2. The number of thiazole rings is 1. The first-order chi connectivity index (χ1) is 8.31. The third kappa shape index (κ3) is 3.35. The van der Waals surface area contributed by atoms with Crippen LogP contribution in [0.3, 0.4) is 0 Å². The van der Waals surface area contributed by atoms with Gasteiger partial charge in [0.1, 0.15) is 5.01 Å². The summed E-state index contributed by atoms with van der Waals surface area (Å²) in [6, 6.07) is 4.18. The summed E-state index contributed by atoms with van der Waals surface area (Å²) in [5, 5.41) is 6.54. The molecule has 2 aromatic heterocycles. The maximum absolute atomic E-state index is 4.99. The Bertz CT molecular complexity index is 451. The van der Waals surface area contributed by atoms with E-state index in [0.717, 1.165) is 30.4 Å². The number of nitrogens with zero attached hydrogens (tertiary/aromatic N) is 1. The molecule has 0 aliphatic carbocycles. The van der Waals surface area contributed by atoms with Gasteiger partial charge in [0.2, 0.25) is 0 Å². The van der Waals surface area contributed by atoms with E-state index >= 15 is 0 Å². The number of ether oxygens (including phenoxy) is 1. The van der Waals surface area contributed by atoms with E-state index < -0.39 is 0 Å². The topological polar surface area (TPSA) is 34.1 Å². The van der Waals surface area contributed by atoms with Gasteiger partial charge in [0.25, 0.3) is 0 Å². The Hall–Kier alpha value is -0.750. The lowest BCUT2D eigenvalue weighted by Crippen LogP contribution is -2.18. The minimum atomic E-state index is 0.738. The fourth-order valence-electron chi connectivity index (χ4n) is 1.54. The molecule has 0 saturated carbocycles. The number of aromatic nitrogens is 1. The van der Waals surface area contributed by atoms with Gasteiger partial charge in [-0.15, -0.1) is 22.7 Å². The maximum Gasteiger partial charge on any atom is 0.107 e. The van der Waals surface area contributed by atoms with Crippen LogP contribution in [0.15, 0.2) is 17.5 Å². The SMILES string of the molecule is COCCNCc1nc(-c2cccs2)c(C)s1. The van der Waals surface area contributed by atoms with Crippen LogP contribution in [0.25, 0.3) is 10.6 Å². The summed E-state index contributed by atoms with van der Waals surface area (Å²) >= 11 is 3.50. The standard InChI is InChI=1S/C12H16N2OS2/c1-9-12(10-4-3-7-16-10)14-11(17-9)8-13-5-6-15-2/h3-4,7,13H,5-6,8H2,1-2H3. The van der Waals surface area contributed by atoms with Gasteiger partial charge in [-0.1, -0.05) is 6.07 Å². The van der Waals surface area contributed by atoms with Crippen LogP contribution in [0.4, 0.5) is 0 Å². The number of aryl methyl sites for hydroxylation is 1. The molecule has 92 valence electrons. The van der Waals surface area contributed by atoms with Gasteiger partial charge >= 0.3 is 0 Å². The van der Waals surface area contributed by atoms with E-state index in [9.17, 15) is 0 Å². The summed E-state index contributed by atoms with van der Waals surface area (Å²) < 4.78 is 4.99. The third-order valence-electron chi connectivity index (χ3n) is 2.35. The van der Waals surface area contributed by atoms with Gasteiger partial charge in [0.05, 0.1) is 17.2 Å². The van der Waals surface area contributed by atoms with E-state index in [-0.39, 0.29) is 0 Å². The van der Waals surface area contributed by atoms with Crippen LogP contribution in [-0.4, -0.2) is 25.2 Å². The molecule has 0 aliphatic rings. The molecular weight excluding hydrogens is 252 g/mol. The van der Waals surface area contributed by atoms with Gasteiger partial charge in [-0.3, -0.25) is 0 Å². The molecule has 3 nitrogen and oxygen atoms in total. The molecule has 17 heavy (non-hydrogen) atoms. The Morgan fingerprint density at radius 2 is 2.35 bits per heavy atom. The van der Waals surface area contributed by atoms with Gasteiger partial charge in [-0.2, -0.15) is 0 Å². The van der Waals surface area contributed by atoms with Crippen LogP contribution in [0, 0.1) is 6.92 Å². The molecule has 2 aromatic rings. The van der Waals surface area contributed by atoms with Crippen LogP contribution in [0.1, 0.15) is 9.88 Å². The first-order valence-corrected chi connectivity index (χ1v) is 7.20. The zero-order valence-corrected chi connectivity index (χ0v) is 11.7. The quantitative estimate of drug-likeness (QED) is 0.818. The Morgan fingerprint density at radius 3 is 3.06 bits per heavy atom. The average molecular weight is 268 g/mol. The summed E-state index contributed by atoms with van der Waals surface area (Å²) in [4.78, 5) is 7.22. The van der Waals surface area contributed by atoms with Crippen LogP contribution >= 0.6 is 22.7 Å². The summed E-state index contributed by atoms with van der Waals surface area (Å²) in [6.45, 7) is 4.55. The van der Waals surface area contributed by atoms with Crippen molar-refractivity contribution in [3.63, 3.8) is 0 Å². The summed E-state index contributed by atoms with van der Waals surface area (Å²) in [5.74, 6) is 0. The number of methoxy groups -OCH3 is 1. The van der Waals surface area contributed by atoms with Gasteiger partial charge in [0.15, 0.2) is 0 Å². The molecule has 0 spiro atoms. The zero-order valence-electron chi connectivity index (χ0n) is 10.0. The molecule has 0 atom stereocenters. The van der Waals surface area contributed by atoms with E-state index in [1.165, 1.54) is 9.75 Å². The molecule has 2 rings (SSSR count). The summed E-state index contributed by atoms with van der Waals surface area (Å²) in [5.41, 5.74) is 1.13. The lowest BCUT2D eigenvalue weighted by molar-refractivity contribution is 0.199. The Labute approximate surface area is 109 Å². The van der Waals surface area contributed by atoms with Crippen molar-refractivity contribution >= 4 is 22.7 Å². The normalized spacial score (nSPS) is 10.9. The van der Waals surface area contributed by atoms with Crippen molar-refractivity contribution in [3.8, 4) is 10.6 Å². The lowest BCUT2D eigenvalue weighted by atomic mass is 10.3. The minimum Gasteiger partial charge on any atom is -0.383 e. The smallest absolute Gasteiger partial charge is 0.107 e. The van der Waals surface area contributed by atoms with E-state index in [4.69, 9.17) is 4.74 Å². The van der Waals surface area contributed by atoms with Crippen molar-refractivity contribution < 1.29 is 4.74 Å². The Kier molecular flexibility index (Phi) is 4.67. The van der Waals surface area contributed by atoms with Gasteiger partial charge in [-0.05, 0) is 18.4 Å². The monoisotopic (exact) mass is 268 g/mol.